The maximum Gasteiger partial charge on any atom is 0.247 e. The summed E-state index contributed by atoms with van der Waals surface area (Å²) in [6.07, 6.45) is 0.0692. The van der Waals surface area contributed by atoms with Crippen LogP contribution in [-0.2, 0) is 20.8 Å². The SMILES string of the molecule is CC(C)N(C(=O)CN1C(=O)C(C)(Cc2[nH]nc3ccccc23)C(=O)N(c2ccccc2)c2ccccc21)c1ccccc1. The van der Waals surface area contributed by atoms with Crippen LogP contribution in [0.25, 0.3) is 10.9 Å². The van der Waals surface area contributed by atoms with E-state index in [2.05, 4.69) is 10.2 Å². The average Bonchev–Trinajstić information content (AvgIpc) is 3.41. The lowest BCUT2D eigenvalue weighted by Crippen LogP contribution is -2.53. The van der Waals surface area contributed by atoms with Crippen LogP contribution >= 0.6 is 0 Å². The Morgan fingerprint density at radius 1 is 0.814 bits per heavy atom. The number of carbonyl (C=O) groups is 3. The molecule has 1 aliphatic rings. The van der Waals surface area contributed by atoms with Gasteiger partial charge in [0.15, 0.2) is 0 Å². The Morgan fingerprint density at radius 3 is 2.12 bits per heavy atom. The second-order valence-electron chi connectivity index (χ2n) is 11.3. The molecular weight excluding hydrogens is 538 g/mol. The van der Waals surface area contributed by atoms with Crippen molar-refractivity contribution >= 4 is 51.4 Å². The number of aromatic nitrogens is 2. The summed E-state index contributed by atoms with van der Waals surface area (Å²) in [5.41, 5.74) is 2.27. The topological polar surface area (TPSA) is 89.6 Å². The van der Waals surface area contributed by atoms with Gasteiger partial charge in [-0.25, -0.2) is 0 Å². The van der Waals surface area contributed by atoms with E-state index in [1.165, 1.54) is 4.90 Å². The lowest BCUT2D eigenvalue weighted by molar-refractivity contribution is -0.139. The van der Waals surface area contributed by atoms with Gasteiger partial charge in [0.05, 0.1) is 16.9 Å². The largest absolute Gasteiger partial charge is 0.308 e. The number of carbonyl (C=O) groups excluding carboxylic acids is 3. The molecular formula is C35H33N5O3. The van der Waals surface area contributed by atoms with Crippen molar-refractivity contribution in [3.63, 3.8) is 0 Å². The highest BCUT2D eigenvalue weighted by molar-refractivity contribution is 6.24. The van der Waals surface area contributed by atoms with Gasteiger partial charge in [-0.2, -0.15) is 5.10 Å². The van der Waals surface area contributed by atoms with Gasteiger partial charge >= 0.3 is 0 Å². The third kappa shape index (κ3) is 4.95. The molecule has 6 rings (SSSR count). The fourth-order valence-corrected chi connectivity index (χ4v) is 5.91. The Balaban J connectivity index is 1.50. The first-order chi connectivity index (χ1) is 20.8. The van der Waals surface area contributed by atoms with Gasteiger partial charge in [0.2, 0.25) is 17.7 Å². The van der Waals surface area contributed by atoms with Crippen molar-refractivity contribution in [3.8, 4) is 0 Å². The predicted molar refractivity (Wildman–Crippen MR) is 169 cm³/mol. The number of nitrogens with one attached hydrogen (secondary N) is 1. The number of fused-ring (bicyclic) bond motifs is 2. The summed E-state index contributed by atoms with van der Waals surface area (Å²) in [5.74, 6) is -1.08. The van der Waals surface area contributed by atoms with Crippen molar-refractivity contribution in [2.75, 3.05) is 21.2 Å². The van der Waals surface area contributed by atoms with E-state index < -0.39 is 11.3 Å². The van der Waals surface area contributed by atoms with Gasteiger partial charge in [0.25, 0.3) is 0 Å². The standard InChI is InChI=1S/C35H33N5O3/c1-24(2)39(25-14-6-4-7-15-25)32(41)23-38-30-20-12-13-21-31(30)40(26-16-8-5-9-17-26)34(43)35(3,33(38)42)22-29-27-18-10-11-19-28(27)36-37-29/h4-21,24H,22-23H2,1-3H3,(H,36,37). The Labute approximate surface area is 250 Å². The number of rotatable bonds is 7. The third-order valence-electron chi connectivity index (χ3n) is 8.00. The Hall–Kier alpha value is -5.24. The van der Waals surface area contributed by atoms with Crippen LogP contribution in [-0.4, -0.2) is 40.5 Å². The summed E-state index contributed by atoms with van der Waals surface area (Å²) >= 11 is 0. The normalized spacial score (nSPS) is 16.8. The second-order valence-corrected chi connectivity index (χ2v) is 11.3. The molecule has 8 heteroatoms. The number of H-pyrrole nitrogens is 1. The molecule has 0 saturated carbocycles. The van der Waals surface area contributed by atoms with Gasteiger partial charge in [0.1, 0.15) is 12.0 Å². The lowest BCUT2D eigenvalue weighted by Gasteiger charge is -2.33. The molecule has 1 unspecified atom stereocenters. The van der Waals surface area contributed by atoms with Gasteiger partial charge < -0.3 is 4.90 Å². The minimum Gasteiger partial charge on any atom is -0.308 e. The van der Waals surface area contributed by atoms with E-state index in [-0.39, 0.29) is 30.8 Å². The van der Waals surface area contributed by atoms with Crippen LogP contribution in [0.5, 0.6) is 0 Å². The third-order valence-corrected chi connectivity index (χ3v) is 8.00. The monoisotopic (exact) mass is 571 g/mol. The summed E-state index contributed by atoms with van der Waals surface area (Å²) in [6.45, 7) is 5.32. The number of hydrogen-bond donors (Lipinski definition) is 1. The van der Waals surface area contributed by atoms with E-state index in [1.54, 1.807) is 22.8 Å². The molecule has 216 valence electrons. The van der Waals surface area contributed by atoms with Gasteiger partial charge in [-0.1, -0.05) is 66.7 Å². The minimum absolute atomic E-state index is 0.0692. The van der Waals surface area contributed by atoms with Crippen LogP contribution in [0.4, 0.5) is 22.7 Å². The molecule has 2 heterocycles. The molecule has 3 amide bonds. The molecule has 43 heavy (non-hydrogen) atoms. The van der Waals surface area contributed by atoms with Crippen molar-refractivity contribution in [1.82, 2.24) is 10.2 Å². The van der Waals surface area contributed by atoms with Gasteiger partial charge in [-0.15, -0.1) is 0 Å². The maximum atomic E-state index is 14.8. The molecule has 0 saturated heterocycles. The molecule has 1 atom stereocenters. The number of anilines is 4. The molecule has 1 aromatic heterocycles. The summed E-state index contributed by atoms with van der Waals surface area (Å²) in [4.78, 5) is 48.4. The molecule has 1 N–H and O–H groups in total. The summed E-state index contributed by atoms with van der Waals surface area (Å²) in [7, 11) is 0. The highest BCUT2D eigenvalue weighted by atomic mass is 16.2. The molecule has 0 aliphatic carbocycles. The number of para-hydroxylation sites is 5. The second kappa shape index (κ2) is 11.2. The zero-order valence-corrected chi connectivity index (χ0v) is 24.4. The Kier molecular flexibility index (Phi) is 7.27. The van der Waals surface area contributed by atoms with E-state index in [9.17, 15) is 14.4 Å². The van der Waals surface area contributed by atoms with Crippen LogP contribution in [0, 0.1) is 5.41 Å². The van der Waals surface area contributed by atoms with E-state index in [0.29, 0.717) is 22.8 Å². The highest BCUT2D eigenvalue weighted by Crippen LogP contribution is 2.44. The Bertz CT molecular complexity index is 1800. The lowest BCUT2D eigenvalue weighted by atomic mass is 9.81. The first-order valence-electron chi connectivity index (χ1n) is 14.4. The molecule has 8 nitrogen and oxygen atoms in total. The first kappa shape index (κ1) is 27.9. The summed E-state index contributed by atoms with van der Waals surface area (Å²) < 4.78 is 0. The van der Waals surface area contributed by atoms with E-state index in [4.69, 9.17) is 0 Å². The van der Waals surface area contributed by atoms with Crippen molar-refractivity contribution in [2.24, 2.45) is 5.41 Å². The zero-order valence-electron chi connectivity index (χ0n) is 24.4. The number of aromatic amines is 1. The van der Waals surface area contributed by atoms with Gasteiger partial charge in [0, 0.05) is 34.9 Å². The van der Waals surface area contributed by atoms with E-state index in [1.807, 2.05) is 117 Å². The zero-order chi connectivity index (χ0) is 30.1. The number of amides is 3. The molecule has 4 aromatic carbocycles. The molecule has 5 aromatic rings. The minimum atomic E-state index is -1.57. The predicted octanol–water partition coefficient (Wildman–Crippen LogP) is 6.26. The molecule has 0 radical (unpaired) electrons. The molecule has 0 bridgehead atoms. The first-order valence-corrected chi connectivity index (χ1v) is 14.4. The molecule has 1 aliphatic heterocycles. The Morgan fingerprint density at radius 2 is 1.42 bits per heavy atom. The fraction of sp³-hybridized carbons (Fsp3) is 0.200. The van der Waals surface area contributed by atoms with Gasteiger partial charge in [-0.05, 0) is 63.2 Å². The number of nitrogens with zero attached hydrogens (tertiary/aromatic N) is 4. The van der Waals surface area contributed by atoms with Crippen LogP contribution < -0.4 is 14.7 Å². The van der Waals surface area contributed by atoms with Crippen molar-refractivity contribution in [3.05, 3.63) is 115 Å². The summed E-state index contributed by atoms with van der Waals surface area (Å²) in [5, 5.41) is 8.32. The quantitative estimate of drug-likeness (QED) is 0.233. The highest BCUT2D eigenvalue weighted by Gasteiger charge is 2.51. The van der Waals surface area contributed by atoms with E-state index in [0.717, 1.165) is 16.6 Å². The van der Waals surface area contributed by atoms with E-state index >= 15 is 0 Å². The average molecular weight is 572 g/mol. The summed E-state index contributed by atoms with van der Waals surface area (Å²) in [6, 6.07) is 33.4. The smallest absolute Gasteiger partial charge is 0.247 e. The van der Waals surface area contributed by atoms with Crippen LogP contribution in [0.2, 0.25) is 0 Å². The van der Waals surface area contributed by atoms with Crippen LogP contribution in [0.15, 0.2) is 109 Å². The fourth-order valence-electron chi connectivity index (χ4n) is 5.91. The van der Waals surface area contributed by atoms with Gasteiger partial charge in [-0.3, -0.25) is 29.3 Å². The molecule has 0 fully saturated rings. The number of hydrogen-bond acceptors (Lipinski definition) is 4. The van der Waals surface area contributed by atoms with Crippen LogP contribution in [0.3, 0.4) is 0 Å². The number of benzene rings is 4. The maximum absolute atomic E-state index is 14.8. The van der Waals surface area contributed by atoms with Crippen molar-refractivity contribution in [2.45, 2.75) is 33.2 Å². The molecule has 0 spiro atoms. The van der Waals surface area contributed by atoms with Crippen LogP contribution in [0.1, 0.15) is 26.5 Å². The van der Waals surface area contributed by atoms with Crippen molar-refractivity contribution < 1.29 is 14.4 Å². The van der Waals surface area contributed by atoms with Crippen molar-refractivity contribution in [1.29, 1.82) is 0 Å².